The van der Waals surface area contributed by atoms with E-state index in [0.717, 1.165) is 47.6 Å². The molecule has 1 aliphatic heterocycles. The summed E-state index contributed by atoms with van der Waals surface area (Å²) in [5.74, 6) is 1.59. The highest BCUT2D eigenvalue weighted by Crippen LogP contribution is 2.45. The fraction of sp³-hybridized carbons (Fsp3) is 0.360. The minimum absolute atomic E-state index is 0.144. The molecule has 1 fully saturated rings. The second-order valence-electron chi connectivity index (χ2n) is 7.94. The van der Waals surface area contributed by atoms with Crippen LogP contribution in [0.2, 0.25) is 0 Å². The number of amides is 1. The van der Waals surface area contributed by atoms with Crippen molar-refractivity contribution < 1.29 is 14.3 Å². The molecule has 4 rings (SSSR count). The van der Waals surface area contributed by atoms with Crippen LogP contribution in [0.3, 0.4) is 0 Å². The third-order valence-corrected chi connectivity index (χ3v) is 6.17. The van der Waals surface area contributed by atoms with Crippen LogP contribution >= 0.6 is 11.6 Å². The summed E-state index contributed by atoms with van der Waals surface area (Å²) >= 11 is 6.19. The van der Waals surface area contributed by atoms with E-state index in [1.54, 1.807) is 26.2 Å². The first kappa shape index (κ1) is 21.4. The summed E-state index contributed by atoms with van der Waals surface area (Å²) < 4.78 is 10.6. The summed E-state index contributed by atoms with van der Waals surface area (Å²) in [7, 11) is 3.31. The Bertz CT molecular complexity index is 996. The molecule has 1 amide bonds. The van der Waals surface area contributed by atoms with Gasteiger partial charge in [0.15, 0.2) is 0 Å². The van der Waals surface area contributed by atoms with E-state index in [1.165, 1.54) is 5.57 Å². The van der Waals surface area contributed by atoms with Crippen LogP contribution in [-0.4, -0.2) is 36.2 Å². The fourth-order valence-corrected chi connectivity index (χ4v) is 4.50. The lowest BCUT2D eigenvalue weighted by Gasteiger charge is -2.30. The average Bonchev–Trinajstić information content (AvgIpc) is 3.19. The molecule has 2 aromatic rings. The Labute approximate surface area is 188 Å². The molecule has 162 valence electrons. The number of carbonyl (C=O) groups excluding carboxylic acids is 1. The first-order valence-corrected chi connectivity index (χ1v) is 11.0. The number of nitrogens with zero attached hydrogens (tertiary/aromatic N) is 2. The normalized spacial score (nSPS) is 22.6. The zero-order chi connectivity index (χ0) is 22.0. The van der Waals surface area contributed by atoms with E-state index in [0.29, 0.717) is 0 Å². The molecule has 0 bridgehead atoms. The maximum Gasteiger partial charge on any atom is 0.261 e. The Balaban J connectivity index is 1.71. The van der Waals surface area contributed by atoms with Gasteiger partial charge in [-0.25, -0.2) is 5.01 Å². The van der Waals surface area contributed by atoms with Gasteiger partial charge in [-0.3, -0.25) is 4.79 Å². The summed E-state index contributed by atoms with van der Waals surface area (Å²) in [4.78, 5) is 13.0. The SMILES string of the molecule is COc1ccc(C=C2CCCC3C2=NN(C(=O)C(C)Cl)C3c2ccc(OC)cc2)cc1. The van der Waals surface area contributed by atoms with E-state index in [-0.39, 0.29) is 17.9 Å². The van der Waals surface area contributed by atoms with Crippen molar-refractivity contribution in [3.8, 4) is 11.5 Å². The second kappa shape index (κ2) is 9.15. The predicted octanol–water partition coefficient (Wildman–Crippen LogP) is 5.45. The van der Waals surface area contributed by atoms with Crippen molar-refractivity contribution in [3.05, 3.63) is 65.2 Å². The van der Waals surface area contributed by atoms with Crippen molar-refractivity contribution in [2.75, 3.05) is 14.2 Å². The van der Waals surface area contributed by atoms with Crippen LogP contribution in [0.1, 0.15) is 43.4 Å². The van der Waals surface area contributed by atoms with Crippen molar-refractivity contribution >= 4 is 29.3 Å². The minimum Gasteiger partial charge on any atom is -0.497 e. The standard InChI is InChI=1S/C25H27ClN2O3/c1-16(26)25(29)28-24(18-9-13-21(31-3)14-10-18)22-6-4-5-19(23(22)27-28)15-17-7-11-20(30-2)12-8-17/h7-16,22,24H,4-6H2,1-3H3. The number of alkyl halides is 1. The molecule has 1 heterocycles. The molecule has 0 radical (unpaired) electrons. The highest BCUT2D eigenvalue weighted by atomic mass is 35.5. The minimum atomic E-state index is -0.640. The van der Waals surface area contributed by atoms with Gasteiger partial charge in [-0.1, -0.05) is 24.3 Å². The van der Waals surface area contributed by atoms with E-state index < -0.39 is 5.38 Å². The molecule has 5 nitrogen and oxygen atoms in total. The summed E-state index contributed by atoms with van der Waals surface area (Å²) in [5, 5.41) is 5.80. The van der Waals surface area contributed by atoms with Crippen LogP contribution in [0.5, 0.6) is 11.5 Å². The lowest BCUT2D eigenvalue weighted by Crippen LogP contribution is -2.35. The summed E-state index contributed by atoms with van der Waals surface area (Å²) in [6.07, 6.45) is 5.15. The highest BCUT2D eigenvalue weighted by Gasteiger charge is 2.44. The quantitative estimate of drug-likeness (QED) is 0.583. The van der Waals surface area contributed by atoms with E-state index in [4.69, 9.17) is 26.2 Å². The Morgan fingerprint density at radius 1 is 1.10 bits per heavy atom. The molecule has 0 aromatic heterocycles. The second-order valence-corrected chi connectivity index (χ2v) is 8.60. The van der Waals surface area contributed by atoms with Crippen molar-refractivity contribution in [2.24, 2.45) is 11.0 Å². The number of hydrogen-bond acceptors (Lipinski definition) is 4. The molecule has 3 atom stereocenters. The summed E-state index contributed by atoms with van der Waals surface area (Å²) in [5.41, 5.74) is 4.31. The fourth-order valence-electron chi connectivity index (χ4n) is 4.40. The van der Waals surface area contributed by atoms with Gasteiger partial charge in [0.25, 0.3) is 5.91 Å². The van der Waals surface area contributed by atoms with Gasteiger partial charge in [0.2, 0.25) is 0 Å². The molecule has 6 heteroatoms. The van der Waals surface area contributed by atoms with Crippen LogP contribution in [0.4, 0.5) is 0 Å². The van der Waals surface area contributed by atoms with Crippen molar-refractivity contribution in [3.63, 3.8) is 0 Å². The Hall–Kier alpha value is -2.79. The maximum absolute atomic E-state index is 13.0. The molecule has 2 aliphatic rings. The van der Waals surface area contributed by atoms with Crippen molar-refractivity contribution in [1.82, 2.24) is 5.01 Å². The number of hydrogen-bond donors (Lipinski definition) is 0. The van der Waals surface area contributed by atoms with Crippen LogP contribution in [0, 0.1) is 5.92 Å². The molecule has 1 saturated carbocycles. The lowest BCUT2D eigenvalue weighted by atomic mass is 9.77. The van der Waals surface area contributed by atoms with Gasteiger partial charge in [-0.05, 0) is 73.2 Å². The van der Waals surface area contributed by atoms with Crippen LogP contribution in [-0.2, 0) is 4.79 Å². The third-order valence-electron chi connectivity index (χ3n) is 5.98. The van der Waals surface area contributed by atoms with E-state index >= 15 is 0 Å². The van der Waals surface area contributed by atoms with E-state index in [9.17, 15) is 4.79 Å². The van der Waals surface area contributed by atoms with Crippen molar-refractivity contribution in [2.45, 2.75) is 37.6 Å². The van der Waals surface area contributed by atoms with Crippen LogP contribution in [0.15, 0.2) is 59.2 Å². The Morgan fingerprint density at radius 3 is 2.29 bits per heavy atom. The lowest BCUT2D eigenvalue weighted by molar-refractivity contribution is -0.132. The first-order chi connectivity index (χ1) is 15.0. The van der Waals surface area contributed by atoms with Crippen LogP contribution in [0.25, 0.3) is 6.08 Å². The zero-order valence-corrected chi connectivity index (χ0v) is 18.8. The maximum atomic E-state index is 13.0. The molecule has 0 spiro atoms. The monoisotopic (exact) mass is 438 g/mol. The van der Waals surface area contributed by atoms with Crippen LogP contribution < -0.4 is 9.47 Å². The summed E-state index contributed by atoms with van der Waals surface area (Å²) in [6.45, 7) is 1.70. The number of carbonyl (C=O) groups is 1. The number of allylic oxidation sites excluding steroid dienone is 1. The largest absolute Gasteiger partial charge is 0.497 e. The van der Waals surface area contributed by atoms with Gasteiger partial charge in [-0.15, -0.1) is 11.6 Å². The van der Waals surface area contributed by atoms with Crippen molar-refractivity contribution in [1.29, 1.82) is 0 Å². The summed E-state index contributed by atoms with van der Waals surface area (Å²) in [6, 6.07) is 15.7. The average molecular weight is 439 g/mol. The highest BCUT2D eigenvalue weighted by molar-refractivity contribution is 6.30. The molecule has 3 unspecified atom stereocenters. The van der Waals surface area contributed by atoms with Gasteiger partial charge in [-0.2, -0.15) is 5.10 Å². The molecular formula is C25H27ClN2O3. The van der Waals surface area contributed by atoms with Gasteiger partial charge >= 0.3 is 0 Å². The number of hydrazone groups is 1. The van der Waals surface area contributed by atoms with Gasteiger partial charge in [0.1, 0.15) is 16.9 Å². The Morgan fingerprint density at radius 2 is 1.71 bits per heavy atom. The van der Waals surface area contributed by atoms with E-state index in [2.05, 4.69) is 6.08 Å². The van der Waals surface area contributed by atoms with Gasteiger partial charge in [0, 0.05) is 5.92 Å². The topological polar surface area (TPSA) is 51.1 Å². The van der Waals surface area contributed by atoms with Gasteiger partial charge < -0.3 is 9.47 Å². The Kier molecular flexibility index (Phi) is 6.33. The smallest absolute Gasteiger partial charge is 0.261 e. The predicted molar refractivity (Wildman–Crippen MR) is 124 cm³/mol. The molecule has 0 N–H and O–H groups in total. The number of rotatable bonds is 5. The van der Waals surface area contributed by atoms with E-state index in [1.807, 2.05) is 48.5 Å². The molecule has 2 aromatic carbocycles. The molecule has 1 aliphatic carbocycles. The van der Waals surface area contributed by atoms with Gasteiger partial charge in [0.05, 0.1) is 26.0 Å². The first-order valence-electron chi connectivity index (χ1n) is 10.6. The molecule has 31 heavy (non-hydrogen) atoms. The number of methoxy groups -OCH3 is 2. The zero-order valence-electron chi connectivity index (χ0n) is 18.0. The number of ether oxygens (including phenoxy) is 2. The molecular weight excluding hydrogens is 412 g/mol. The number of halogens is 1. The molecule has 0 saturated heterocycles. The third kappa shape index (κ3) is 4.33. The number of benzene rings is 2. The number of fused-ring (bicyclic) bond motifs is 1.